The Morgan fingerprint density at radius 2 is 2.20 bits per heavy atom. The maximum Gasteiger partial charge on any atom is 0.327 e. The standard InChI is InChI=1S/C12H19N3O2S3/c1-4-13-12(8-5-6-8,9(16)17-2)7-19-11-15-14-10(18-3)20-11/h8,13H,4-7H2,1-3H3. The number of nitrogens with zero attached hydrogens (tertiary/aromatic N) is 2. The Balaban J connectivity index is 2.08. The normalized spacial score (nSPS) is 17.8. The summed E-state index contributed by atoms with van der Waals surface area (Å²) in [6.07, 6.45) is 4.14. The average molecular weight is 334 g/mol. The van der Waals surface area contributed by atoms with Crippen LogP contribution in [-0.2, 0) is 9.53 Å². The number of hydrogen-bond donors (Lipinski definition) is 1. The molecule has 1 heterocycles. The van der Waals surface area contributed by atoms with Crippen LogP contribution in [0.4, 0.5) is 0 Å². The molecule has 0 radical (unpaired) electrons. The molecule has 1 aromatic rings. The van der Waals surface area contributed by atoms with E-state index in [9.17, 15) is 4.79 Å². The van der Waals surface area contributed by atoms with Crippen LogP contribution in [0.15, 0.2) is 8.68 Å². The van der Waals surface area contributed by atoms with Crippen LogP contribution in [0.25, 0.3) is 0 Å². The number of nitrogens with one attached hydrogen (secondary N) is 1. The van der Waals surface area contributed by atoms with E-state index in [0.29, 0.717) is 11.7 Å². The summed E-state index contributed by atoms with van der Waals surface area (Å²) in [5.74, 6) is 0.848. The van der Waals surface area contributed by atoms with E-state index in [1.165, 1.54) is 7.11 Å². The molecule has 0 amide bonds. The van der Waals surface area contributed by atoms with Crippen molar-refractivity contribution in [1.82, 2.24) is 15.5 Å². The van der Waals surface area contributed by atoms with Gasteiger partial charge in [-0.2, -0.15) is 0 Å². The highest BCUT2D eigenvalue weighted by atomic mass is 32.2. The second kappa shape index (κ2) is 7.11. The zero-order chi connectivity index (χ0) is 14.6. The molecular formula is C12H19N3O2S3. The number of thioether (sulfide) groups is 2. The SMILES string of the molecule is CCNC(CSc1nnc(SC)s1)(C(=O)OC)C1CC1. The molecule has 5 nitrogen and oxygen atoms in total. The lowest BCUT2D eigenvalue weighted by molar-refractivity contribution is -0.148. The van der Waals surface area contributed by atoms with E-state index in [-0.39, 0.29) is 5.97 Å². The first-order valence-electron chi connectivity index (χ1n) is 6.50. The van der Waals surface area contributed by atoms with Crippen molar-refractivity contribution in [3.8, 4) is 0 Å². The van der Waals surface area contributed by atoms with Gasteiger partial charge in [0, 0.05) is 5.75 Å². The van der Waals surface area contributed by atoms with Crippen molar-refractivity contribution in [3.05, 3.63) is 0 Å². The third kappa shape index (κ3) is 3.47. The molecule has 2 rings (SSSR count). The van der Waals surface area contributed by atoms with Crippen LogP contribution in [0.5, 0.6) is 0 Å². The number of esters is 1. The highest BCUT2D eigenvalue weighted by Gasteiger charge is 2.51. The van der Waals surface area contributed by atoms with Crippen LogP contribution >= 0.6 is 34.9 Å². The van der Waals surface area contributed by atoms with Crippen LogP contribution in [0.3, 0.4) is 0 Å². The Morgan fingerprint density at radius 3 is 2.70 bits per heavy atom. The van der Waals surface area contributed by atoms with Gasteiger partial charge in [0.15, 0.2) is 8.68 Å². The second-order valence-corrected chi connectivity index (χ2v) is 7.85. The molecule has 1 atom stereocenters. The minimum atomic E-state index is -0.584. The van der Waals surface area contributed by atoms with E-state index < -0.39 is 5.54 Å². The van der Waals surface area contributed by atoms with Gasteiger partial charge in [0.1, 0.15) is 5.54 Å². The zero-order valence-electron chi connectivity index (χ0n) is 11.8. The van der Waals surface area contributed by atoms with Gasteiger partial charge >= 0.3 is 5.97 Å². The third-order valence-electron chi connectivity index (χ3n) is 3.30. The number of hydrogen-bond acceptors (Lipinski definition) is 8. The first kappa shape index (κ1) is 16.1. The first-order valence-corrected chi connectivity index (χ1v) is 9.52. The van der Waals surface area contributed by atoms with E-state index in [4.69, 9.17) is 4.74 Å². The number of likely N-dealkylation sites (N-methyl/N-ethyl adjacent to an activating group) is 1. The van der Waals surface area contributed by atoms with E-state index in [1.807, 2.05) is 13.2 Å². The number of ether oxygens (including phenoxy) is 1. The fourth-order valence-electron chi connectivity index (χ4n) is 2.20. The molecule has 0 saturated heterocycles. The fraction of sp³-hybridized carbons (Fsp3) is 0.750. The number of carbonyl (C=O) groups excluding carboxylic acids is 1. The molecule has 0 bridgehead atoms. The van der Waals surface area contributed by atoms with Gasteiger partial charge in [-0.3, -0.25) is 4.79 Å². The number of rotatable bonds is 8. The fourth-order valence-corrected chi connectivity index (χ4v) is 4.92. The molecule has 1 aliphatic rings. The van der Waals surface area contributed by atoms with Gasteiger partial charge in [-0.15, -0.1) is 10.2 Å². The molecule has 1 saturated carbocycles. The van der Waals surface area contributed by atoms with Crippen molar-refractivity contribution in [1.29, 1.82) is 0 Å². The molecule has 112 valence electrons. The summed E-state index contributed by atoms with van der Waals surface area (Å²) in [4.78, 5) is 12.3. The third-order valence-corrected chi connectivity index (χ3v) is 6.53. The van der Waals surface area contributed by atoms with E-state index in [2.05, 4.69) is 15.5 Å². The summed E-state index contributed by atoms with van der Waals surface area (Å²) >= 11 is 4.74. The maximum atomic E-state index is 12.3. The Kier molecular flexibility index (Phi) is 5.71. The molecule has 0 aliphatic heterocycles. The van der Waals surface area contributed by atoms with Crippen LogP contribution < -0.4 is 5.32 Å². The molecule has 0 aromatic carbocycles. The van der Waals surface area contributed by atoms with Gasteiger partial charge in [0.2, 0.25) is 0 Å². The second-order valence-electron chi connectivity index (χ2n) is 4.59. The number of aromatic nitrogens is 2. The molecule has 8 heteroatoms. The van der Waals surface area contributed by atoms with Gasteiger partial charge in [-0.05, 0) is 31.6 Å². The van der Waals surface area contributed by atoms with Crippen molar-refractivity contribution >= 4 is 40.8 Å². The van der Waals surface area contributed by atoms with E-state index in [1.54, 1.807) is 34.9 Å². The predicted octanol–water partition coefficient (Wildman–Crippen LogP) is 2.28. The minimum absolute atomic E-state index is 0.163. The first-order chi connectivity index (χ1) is 9.66. The summed E-state index contributed by atoms with van der Waals surface area (Å²) in [5, 5.41) is 11.6. The average Bonchev–Trinajstić information content (AvgIpc) is 3.22. The summed E-state index contributed by atoms with van der Waals surface area (Å²) in [7, 11) is 1.46. The van der Waals surface area contributed by atoms with Crippen LogP contribution in [0.2, 0.25) is 0 Å². The van der Waals surface area contributed by atoms with Crippen molar-refractivity contribution in [2.75, 3.05) is 25.7 Å². The predicted molar refractivity (Wildman–Crippen MR) is 83.6 cm³/mol. The van der Waals surface area contributed by atoms with Crippen molar-refractivity contribution in [2.24, 2.45) is 5.92 Å². The molecule has 1 fully saturated rings. The molecule has 1 N–H and O–H groups in total. The van der Waals surface area contributed by atoms with Gasteiger partial charge in [0.05, 0.1) is 7.11 Å². The van der Waals surface area contributed by atoms with Gasteiger partial charge in [-0.25, -0.2) is 0 Å². The summed E-state index contributed by atoms with van der Waals surface area (Å²) in [6, 6.07) is 0. The van der Waals surface area contributed by atoms with E-state index in [0.717, 1.165) is 28.1 Å². The Morgan fingerprint density at radius 1 is 1.50 bits per heavy atom. The maximum absolute atomic E-state index is 12.3. The molecule has 0 spiro atoms. The topological polar surface area (TPSA) is 64.1 Å². The van der Waals surface area contributed by atoms with Crippen molar-refractivity contribution < 1.29 is 9.53 Å². The highest BCUT2D eigenvalue weighted by molar-refractivity contribution is 8.03. The molecule has 1 aromatic heterocycles. The number of carbonyl (C=O) groups is 1. The smallest absolute Gasteiger partial charge is 0.327 e. The summed E-state index contributed by atoms with van der Waals surface area (Å²) < 4.78 is 6.89. The lowest BCUT2D eigenvalue weighted by Crippen LogP contribution is -2.56. The lowest BCUT2D eigenvalue weighted by atomic mass is 9.95. The van der Waals surface area contributed by atoms with Crippen molar-refractivity contribution in [3.63, 3.8) is 0 Å². The molecule has 20 heavy (non-hydrogen) atoms. The Hall–Kier alpha value is -0.310. The lowest BCUT2D eigenvalue weighted by Gasteiger charge is -2.31. The Labute approximate surface area is 131 Å². The zero-order valence-corrected chi connectivity index (χ0v) is 14.3. The summed E-state index contributed by atoms with van der Waals surface area (Å²) in [6.45, 7) is 2.76. The molecular weight excluding hydrogens is 314 g/mol. The largest absolute Gasteiger partial charge is 0.468 e. The molecule has 1 unspecified atom stereocenters. The van der Waals surface area contributed by atoms with Crippen LogP contribution in [0, 0.1) is 5.92 Å². The molecule has 1 aliphatic carbocycles. The van der Waals surface area contributed by atoms with Crippen LogP contribution in [-0.4, -0.2) is 47.4 Å². The minimum Gasteiger partial charge on any atom is -0.468 e. The Bertz CT molecular complexity index is 465. The van der Waals surface area contributed by atoms with Gasteiger partial charge in [0.25, 0.3) is 0 Å². The van der Waals surface area contributed by atoms with Crippen molar-refractivity contribution in [2.45, 2.75) is 34.0 Å². The highest BCUT2D eigenvalue weighted by Crippen LogP contribution is 2.43. The summed E-state index contributed by atoms with van der Waals surface area (Å²) in [5.41, 5.74) is -0.584. The van der Waals surface area contributed by atoms with Gasteiger partial charge in [-0.1, -0.05) is 41.8 Å². The van der Waals surface area contributed by atoms with Crippen LogP contribution in [0.1, 0.15) is 19.8 Å². The number of methoxy groups -OCH3 is 1. The van der Waals surface area contributed by atoms with E-state index >= 15 is 0 Å². The monoisotopic (exact) mass is 333 g/mol. The quantitative estimate of drug-likeness (QED) is 0.578. The van der Waals surface area contributed by atoms with Gasteiger partial charge < -0.3 is 10.1 Å².